The lowest BCUT2D eigenvalue weighted by molar-refractivity contribution is -0.139. The quantitative estimate of drug-likeness (QED) is 0.717. The van der Waals surface area contributed by atoms with E-state index in [0.29, 0.717) is 6.61 Å². The monoisotopic (exact) mass is 215 g/mol. The van der Waals surface area contributed by atoms with E-state index in [0.717, 1.165) is 12.8 Å². The molecule has 2 N–H and O–H groups in total. The Morgan fingerprint density at radius 2 is 2.20 bits per heavy atom. The molecule has 1 unspecified atom stereocenters. The number of hydrogen-bond donors (Lipinski definition) is 2. The number of nitrogens with one attached hydrogen (secondary N) is 1. The van der Waals surface area contributed by atoms with E-state index in [2.05, 4.69) is 5.32 Å². The highest BCUT2D eigenvalue weighted by atomic mass is 16.5. The minimum absolute atomic E-state index is 0.0918. The van der Waals surface area contributed by atoms with Gasteiger partial charge in [-0.3, -0.25) is 9.59 Å². The van der Waals surface area contributed by atoms with Gasteiger partial charge < -0.3 is 15.2 Å². The van der Waals surface area contributed by atoms with Crippen LogP contribution >= 0.6 is 0 Å². The second kappa shape index (κ2) is 4.61. The molecule has 0 bridgehead atoms. The van der Waals surface area contributed by atoms with Crippen LogP contribution in [0.5, 0.6) is 0 Å². The molecular formula is C10H17NO4. The second-order valence-corrected chi connectivity index (χ2v) is 4.45. The fraction of sp³-hybridized carbons (Fsp3) is 0.800. The number of carboxylic acid groups (broad SMARTS) is 1. The summed E-state index contributed by atoms with van der Waals surface area (Å²) in [5.74, 6) is -1.13. The van der Waals surface area contributed by atoms with Gasteiger partial charge in [-0.05, 0) is 26.7 Å². The van der Waals surface area contributed by atoms with Gasteiger partial charge in [0.1, 0.15) is 6.10 Å². The van der Waals surface area contributed by atoms with Gasteiger partial charge in [-0.2, -0.15) is 0 Å². The topological polar surface area (TPSA) is 75.6 Å². The van der Waals surface area contributed by atoms with Crippen molar-refractivity contribution in [1.82, 2.24) is 5.32 Å². The highest BCUT2D eigenvalue weighted by molar-refractivity contribution is 5.82. The number of carbonyl (C=O) groups excluding carboxylic acids is 1. The van der Waals surface area contributed by atoms with Crippen molar-refractivity contribution in [2.75, 3.05) is 6.61 Å². The number of carboxylic acids is 1. The highest BCUT2D eigenvalue weighted by Crippen LogP contribution is 2.15. The number of hydrogen-bond acceptors (Lipinski definition) is 3. The number of carbonyl (C=O) groups is 2. The first-order valence-corrected chi connectivity index (χ1v) is 5.06. The van der Waals surface area contributed by atoms with Gasteiger partial charge in [0.25, 0.3) is 0 Å². The Hall–Kier alpha value is -1.10. The normalized spacial score (nSPS) is 21.3. The number of aliphatic carboxylic acids is 1. The maximum absolute atomic E-state index is 11.6. The summed E-state index contributed by atoms with van der Waals surface area (Å²) in [6.07, 6.45) is 1.11. The number of rotatable bonds is 4. The van der Waals surface area contributed by atoms with Gasteiger partial charge in [-0.15, -0.1) is 0 Å². The summed E-state index contributed by atoms with van der Waals surface area (Å²) in [5, 5.41) is 11.3. The Bertz CT molecular complexity index is 256. The molecule has 5 nitrogen and oxygen atoms in total. The molecule has 1 rings (SSSR count). The molecule has 0 saturated carbocycles. The van der Waals surface area contributed by atoms with Crippen molar-refractivity contribution < 1.29 is 19.4 Å². The fourth-order valence-corrected chi connectivity index (χ4v) is 1.62. The molecule has 0 spiro atoms. The van der Waals surface area contributed by atoms with Crippen LogP contribution in [0, 0.1) is 0 Å². The molecule has 1 amide bonds. The molecule has 1 fully saturated rings. The molecule has 5 heteroatoms. The maximum Gasteiger partial charge on any atom is 0.305 e. The van der Waals surface area contributed by atoms with Gasteiger partial charge in [0, 0.05) is 12.1 Å². The summed E-state index contributed by atoms with van der Waals surface area (Å²) in [4.78, 5) is 22.1. The van der Waals surface area contributed by atoms with Crippen LogP contribution < -0.4 is 5.32 Å². The summed E-state index contributed by atoms with van der Waals surface area (Å²) in [5.41, 5.74) is -0.727. The van der Waals surface area contributed by atoms with Gasteiger partial charge in [-0.1, -0.05) is 0 Å². The fourth-order valence-electron chi connectivity index (χ4n) is 1.62. The van der Waals surface area contributed by atoms with E-state index >= 15 is 0 Å². The van der Waals surface area contributed by atoms with Crippen molar-refractivity contribution in [3.63, 3.8) is 0 Å². The minimum atomic E-state index is -0.923. The van der Waals surface area contributed by atoms with Crippen molar-refractivity contribution in [3.05, 3.63) is 0 Å². The molecule has 0 aromatic rings. The maximum atomic E-state index is 11.6. The van der Waals surface area contributed by atoms with Crippen LogP contribution in [-0.2, 0) is 14.3 Å². The minimum Gasteiger partial charge on any atom is -0.481 e. The third kappa shape index (κ3) is 3.87. The molecule has 1 aliphatic heterocycles. The second-order valence-electron chi connectivity index (χ2n) is 4.45. The molecule has 86 valence electrons. The molecule has 1 saturated heterocycles. The molecule has 0 aromatic carbocycles. The Labute approximate surface area is 88.8 Å². The smallest absolute Gasteiger partial charge is 0.305 e. The molecule has 0 aliphatic carbocycles. The third-order valence-corrected chi connectivity index (χ3v) is 2.28. The van der Waals surface area contributed by atoms with Crippen LogP contribution in [0.1, 0.15) is 33.1 Å². The van der Waals surface area contributed by atoms with Gasteiger partial charge in [0.05, 0.1) is 6.42 Å². The van der Waals surface area contributed by atoms with E-state index in [9.17, 15) is 9.59 Å². The van der Waals surface area contributed by atoms with E-state index in [4.69, 9.17) is 9.84 Å². The average molecular weight is 215 g/mol. The van der Waals surface area contributed by atoms with Crippen LogP contribution in [0.4, 0.5) is 0 Å². The van der Waals surface area contributed by atoms with E-state index in [1.807, 2.05) is 0 Å². The van der Waals surface area contributed by atoms with Crippen molar-refractivity contribution in [2.45, 2.75) is 44.8 Å². The zero-order chi connectivity index (χ0) is 11.5. The zero-order valence-electron chi connectivity index (χ0n) is 9.08. The summed E-state index contributed by atoms with van der Waals surface area (Å²) in [6, 6.07) is 0. The lowest BCUT2D eigenvalue weighted by Gasteiger charge is -2.25. The van der Waals surface area contributed by atoms with E-state index in [-0.39, 0.29) is 12.3 Å². The van der Waals surface area contributed by atoms with E-state index in [1.54, 1.807) is 13.8 Å². The predicted molar refractivity (Wildman–Crippen MR) is 53.4 cm³/mol. The Morgan fingerprint density at radius 3 is 2.67 bits per heavy atom. The predicted octanol–water partition coefficient (Wildman–Crippen LogP) is 0.535. The van der Waals surface area contributed by atoms with Crippen molar-refractivity contribution in [3.8, 4) is 0 Å². The van der Waals surface area contributed by atoms with Gasteiger partial charge in [0.15, 0.2) is 0 Å². The molecule has 1 atom stereocenters. The first-order valence-electron chi connectivity index (χ1n) is 5.06. The highest BCUT2D eigenvalue weighted by Gasteiger charge is 2.30. The third-order valence-electron chi connectivity index (χ3n) is 2.28. The van der Waals surface area contributed by atoms with Crippen LogP contribution in [0.25, 0.3) is 0 Å². The van der Waals surface area contributed by atoms with Gasteiger partial charge >= 0.3 is 5.97 Å². The van der Waals surface area contributed by atoms with Crippen molar-refractivity contribution in [2.24, 2.45) is 0 Å². The molecule has 0 radical (unpaired) electrons. The standard InChI is InChI=1S/C10H17NO4/c1-10(2,6-8(12)13)11-9(14)7-4-3-5-15-7/h7H,3-6H2,1-2H3,(H,11,14)(H,12,13). The van der Waals surface area contributed by atoms with Crippen LogP contribution in [0.3, 0.4) is 0 Å². The molecule has 1 aliphatic rings. The zero-order valence-corrected chi connectivity index (χ0v) is 9.08. The number of amides is 1. The SMILES string of the molecule is CC(C)(CC(=O)O)NC(=O)C1CCCO1. The average Bonchev–Trinajstić information content (AvgIpc) is 2.50. The Morgan fingerprint density at radius 1 is 1.53 bits per heavy atom. The molecule has 1 heterocycles. The van der Waals surface area contributed by atoms with Crippen LogP contribution in [0.2, 0.25) is 0 Å². The summed E-state index contributed by atoms with van der Waals surface area (Å²) >= 11 is 0. The van der Waals surface area contributed by atoms with Crippen LogP contribution in [0.15, 0.2) is 0 Å². The summed E-state index contributed by atoms with van der Waals surface area (Å²) in [7, 11) is 0. The van der Waals surface area contributed by atoms with E-state index < -0.39 is 17.6 Å². The first kappa shape index (κ1) is 12.0. The molecular weight excluding hydrogens is 198 g/mol. The molecule has 0 aromatic heterocycles. The van der Waals surface area contributed by atoms with Gasteiger partial charge in [0.2, 0.25) is 5.91 Å². The van der Waals surface area contributed by atoms with Gasteiger partial charge in [-0.25, -0.2) is 0 Å². The first-order chi connectivity index (χ1) is 6.91. The van der Waals surface area contributed by atoms with Crippen molar-refractivity contribution in [1.29, 1.82) is 0 Å². The lowest BCUT2D eigenvalue weighted by atomic mass is 10.0. The van der Waals surface area contributed by atoms with Crippen molar-refractivity contribution >= 4 is 11.9 Å². The largest absolute Gasteiger partial charge is 0.481 e. The lowest BCUT2D eigenvalue weighted by Crippen LogP contribution is -2.48. The molecule has 15 heavy (non-hydrogen) atoms. The Balaban J connectivity index is 2.44. The van der Waals surface area contributed by atoms with Crippen LogP contribution in [-0.4, -0.2) is 35.2 Å². The summed E-state index contributed by atoms with van der Waals surface area (Å²) < 4.78 is 5.21. The number of ether oxygens (including phenoxy) is 1. The summed E-state index contributed by atoms with van der Waals surface area (Å²) in [6.45, 7) is 3.99. The van der Waals surface area contributed by atoms with E-state index in [1.165, 1.54) is 0 Å². The Kier molecular flexibility index (Phi) is 3.68.